The van der Waals surface area contributed by atoms with E-state index in [1.165, 1.54) is 43.2 Å². The number of rotatable bonds is 15. The molecule has 0 aliphatic carbocycles. The van der Waals surface area contributed by atoms with Crippen molar-refractivity contribution in [1.82, 2.24) is 4.98 Å². The van der Waals surface area contributed by atoms with Crippen molar-refractivity contribution in [3.63, 3.8) is 0 Å². The molecule has 0 bridgehead atoms. The molecule has 1 heterocycles. The zero-order valence-corrected chi connectivity index (χ0v) is 16.2. The molecule has 1 aromatic carbocycles. The maximum absolute atomic E-state index is 5.57. The molecule has 144 valence electrons. The Morgan fingerprint density at radius 1 is 0.808 bits per heavy atom. The number of hydrogen-bond donors (Lipinski definition) is 1. The van der Waals surface area contributed by atoms with Crippen molar-refractivity contribution < 1.29 is 9.47 Å². The molecule has 1 N–H and O–H groups in total. The van der Waals surface area contributed by atoms with Gasteiger partial charge in [0.1, 0.15) is 0 Å². The van der Waals surface area contributed by atoms with Gasteiger partial charge in [-0.05, 0) is 31.4 Å². The van der Waals surface area contributed by atoms with Crippen LogP contribution in [0.3, 0.4) is 0 Å². The van der Waals surface area contributed by atoms with Crippen molar-refractivity contribution in [3.8, 4) is 0 Å². The van der Waals surface area contributed by atoms with Crippen molar-refractivity contribution in [1.29, 1.82) is 0 Å². The van der Waals surface area contributed by atoms with Gasteiger partial charge in [-0.2, -0.15) is 0 Å². The molecule has 4 nitrogen and oxygen atoms in total. The number of nitrogens with one attached hydrogen (secondary N) is 1. The minimum absolute atomic E-state index is 0.730. The van der Waals surface area contributed by atoms with E-state index in [0.29, 0.717) is 0 Å². The lowest BCUT2D eigenvalue weighted by molar-refractivity contribution is 0.0465. The smallest absolute Gasteiger partial charge is 0.0722 e. The van der Waals surface area contributed by atoms with E-state index in [0.717, 1.165) is 51.3 Å². The normalized spacial score (nSPS) is 11.1. The third-order valence-electron chi connectivity index (χ3n) is 4.40. The highest BCUT2D eigenvalue weighted by molar-refractivity contribution is 5.90. The van der Waals surface area contributed by atoms with Crippen molar-refractivity contribution in [2.75, 3.05) is 38.3 Å². The zero-order valence-electron chi connectivity index (χ0n) is 16.2. The molecule has 1 aromatic heterocycles. The molecule has 2 aromatic rings. The van der Waals surface area contributed by atoms with Crippen LogP contribution in [0.4, 0.5) is 5.69 Å². The molecular weight excluding hydrogens is 324 g/mol. The van der Waals surface area contributed by atoms with Gasteiger partial charge in [0, 0.05) is 37.0 Å². The number of fused-ring (bicyclic) bond motifs is 1. The molecule has 0 spiro atoms. The summed E-state index contributed by atoms with van der Waals surface area (Å²) in [5, 5.41) is 4.76. The quantitative estimate of drug-likeness (QED) is 0.431. The Morgan fingerprint density at radius 2 is 1.54 bits per heavy atom. The lowest BCUT2D eigenvalue weighted by atomic mass is 10.1. The molecule has 0 aliphatic rings. The van der Waals surface area contributed by atoms with E-state index < -0.39 is 0 Å². The van der Waals surface area contributed by atoms with Crippen LogP contribution >= 0.6 is 0 Å². The molecule has 0 aliphatic heterocycles. The molecule has 0 atom stereocenters. The molecule has 0 amide bonds. The van der Waals surface area contributed by atoms with Crippen LogP contribution < -0.4 is 5.32 Å². The highest BCUT2D eigenvalue weighted by atomic mass is 16.5. The first-order chi connectivity index (χ1) is 12.9. The number of pyridine rings is 1. The average Bonchev–Trinajstić information content (AvgIpc) is 2.68. The SMILES string of the molecule is CCCOCCOCCCCCCCCNc1ccnc2ccccc12. The Morgan fingerprint density at radius 3 is 2.38 bits per heavy atom. The minimum atomic E-state index is 0.730. The Kier molecular flexibility index (Phi) is 10.8. The summed E-state index contributed by atoms with van der Waals surface area (Å²) in [6.45, 7) is 6.32. The van der Waals surface area contributed by atoms with Gasteiger partial charge in [0.2, 0.25) is 0 Å². The van der Waals surface area contributed by atoms with Gasteiger partial charge in [0.25, 0.3) is 0 Å². The van der Waals surface area contributed by atoms with E-state index in [4.69, 9.17) is 9.47 Å². The topological polar surface area (TPSA) is 43.4 Å². The second-order valence-corrected chi connectivity index (χ2v) is 6.65. The summed E-state index contributed by atoms with van der Waals surface area (Å²) in [6.07, 6.45) is 10.5. The Hall–Kier alpha value is -1.65. The van der Waals surface area contributed by atoms with Crippen molar-refractivity contribution in [3.05, 3.63) is 36.5 Å². The third kappa shape index (κ3) is 8.15. The third-order valence-corrected chi connectivity index (χ3v) is 4.40. The predicted molar refractivity (Wildman–Crippen MR) is 110 cm³/mol. The van der Waals surface area contributed by atoms with Crippen LogP contribution in [0.2, 0.25) is 0 Å². The molecule has 0 fully saturated rings. The van der Waals surface area contributed by atoms with Crippen LogP contribution in [0.15, 0.2) is 36.5 Å². The number of unbranched alkanes of at least 4 members (excludes halogenated alkanes) is 5. The highest BCUT2D eigenvalue weighted by Crippen LogP contribution is 2.20. The lowest BCUT2D eigenvalue weighted by Crippen LogP contribution is -2.05. The van der Waals surface area contributed by atoms with Crippen LogP contribution in [0.25, 0.3) is 10.9 Å². The minimum Gasteiger partial charge on any atom is -0.384 e. The van der Waals surface area contributed by atoms with Crippen LogP contribution in [-0.4, -0.2) is 38.0 Å². The standard InChI is InChI=1S/C22H34N2O2/c1-2-16-25-18-19-26-17-10-6-4-3-5-9-14-23-22-13-15-24-21-12-8-7-11-20(21)22/h7-8,11-13,15H,2-6,9-10,14,16-19H2,1H3,(H,23,24). The highest BCUT2D eigenvalue weighted by Gasteiger charge is 2.00. The summed E-state index contributed by atoms with van der Waals surface area (Å²) in [5.41, 5.74) is 2.24. The summed E-state index contributed by atoms with van der Waals surface area (Å²) < 4.78 is 11.0. The van der Waals surface area contributed by atoms with Gasteiger partial charge >= 0.3 is 0 Å². The van der Waals surface area contributed by atoms with E-state index >= 15 is 0 Å². The second kappa shape index (κ2) is 13.5. The molecule has 0 saturated carbocycles. The van der Waals surface area contributed by atoms with Crippen LogP contribution in [0.5, 0.6) is 0 Å². The number of para-hydroxylation sites is 1. The van der Waals surface area contributed by atoms with Gasteiger partial charge in [0.05, 0.1) is 18.7 Å². The van der Waals surface area contributed by atoms with Gasteiger partial charge in [-0.1, -0.05) is 50.8 Å². The number of aromatic nitrogens is 1. The van der Waals surface area contributed by atoms with Crippen molar-refractivity contribution in [2.45, 2.75) is 51.9 Å². The first-order valence-electron chi connectivity index (χ1n) is 10.1. The van der Waals surface area contributed by atoms with Crippen LogP contribution in [0, 0.1) is 0 Å². The van der Waals surface area contributed by atoms with Gasteiger partial charge in [-0.25, -0.2) is 0 Å². The van der Waals surface area contributed by atoms with E-state index in [1.807, 2.05) is 12.3 Å². The summed E-state index contributed by atoms with van der Waals surface area (Å²) in [6, 6.07) is 10.3. The van der Waals surface area contributed by atoms with Gasteiger partial charge in [0.15, 0.2) is 0 Å². The molecule has 0 radical (unpaired) electrons. The monoisotopic (exact) mass is 358 g/mol. The first-order valence-corrected chi connectivity index (χ1v) is 10.1. The Balaban J connectivity index is 1.43. The fourth-order valence-electron chi connectivity index (χ4n) is 2.98. The van der Waals surface area contributed by atoms with Crippen molar-refractivity contribution >= 4 is 16.6 Å². The van der Waals surface area contributed by atoms with E-state index in [9.17, 15) is 0 Å². The summed E-state index contributed by atoms with van der Waals surface area (Å²) in [7, 11) is 0. The van der Waals surface area contributed by atoms with E-state index in [1.54, 1.807) is 0 Å². The average molecular weight is 359 g/mol. The van der Waals surface area contributed by atoms with E-state index in [-0.39, 0.29) is 0 Å². The molecular formula is C22H34N2O2. The number of ether oxygens (including phenoxy) is 2. The van der Waals surface area contributed by atoms with Gasteiger partial charge in [-0.15, -0.1) is 0 Å². The molecule has 0 saturated heterocycles. The zero-order chi connectivity index (χ0) is 18.3. The maximum atomic E-state index is 5.57. The summed E-state index contributed by atoms with van der Waals surface area (Å²) in [4.78, 5) is 4.40. The fraction of sp³-hybridized carbons (Fsp3) is 0.591. The van der Waals surface area contributed by atoms with E-state index in [2.05, 4.69) is 41.5 Å². The van der Waals surface area contributed by atoms with Crippen LogP contribution in [-0.2, 0) is 9.47 Å². The lowest BCUT2D eigenvalue weighted by Gasteiger charge is -2.09. The predicted octanol–water partition coefficient (Wildman–Crippen LogP) is 5.43. The first kappa shape index (κ1) is 20.7. The second-order valence-electron chi connectivity index (χ2n) is 6.65. The maximum Gasteiger partial charge on any atom is 0.0722 e. The Labute approximate surface area is 158 Å². The largest absolute Gasteiger partial charge is 0.384 e. The van der Waals surface area contributed by atoms with Gasteiger partial charge in [-0.3, -0.25) is 4.98 Å². The summed E-state index contributed by atoms with van der Waals surface area (Å²) >= 11 is 0. The number of benzene rings is 1. The molecule has 2 rings (SSSR count). The molecule has 26 heavy (non-hydrogen) atoms. The Bertz CT molecular complexity index is 598. The fourth-order valence-corrected chi connectivity index (χ4v) is 2.98. The van der Waals surface area contributed by atoms with Crippen molar-refractivity contribution in [2.24, 2.45) is 0 Å². The van der Waals surface area contributed by atoms with Crippen LogP contribution in [0.1, 0.15) is 51.9 Å². The van der Waals surface area contributed by atoms with Gasteiger partial charge < -0.3 is 14.8 Å². The number of nitrogens with zero attached hydrogens (tertiary/aromatic N) is 1. The molecule has 0 unspecified atom stereocenters. The number of anilines is 1. The summed E-state index contributed by atoms with van der Waals surface area (Å²) in [5.74, 6) is 0. The number of hydrogen-bond acceptors (Lipinski definition) is 4. The molecule has 4 heteroatoms.